The highest BCUT2D eigenvalue weighted by Crippen LogP contribution is 2.30. The SMILES string of the molecule is CCCCNC(=O)[C@H](C)N(Cc1ccc(Cl)c(Cl)c1)C(=O)CN(c1cc(Cl)ccc1C)S(=O)(=O)c1ccc(C)cc1. The lowest BCUT2D eigenvalue weighted by molar-refractivity contribution is -0.139. The predicted molar refractivity (Wildman–Crippen MR) is 166 cm³/mol. The van der Waals surface area contributed by atoms with Gasteiger partial charge in [-0.15, -0.1) is 0 Å². The molecule has 0 aliphatic carbocycles. The minimum Gasteiger partial charge on any atom is -0.354 e. The molecule has 0 aromatic heterocycles. The van der Waals surface area contributed by atoms with Crippen LogP contribution in [0.5, 0.6) is 0 Å². The lowest BCUT2D eigenvalue weighted by Gasteiger charge is -2.32. The van der Waals surface area contributed by atoms with E-state index < -0.39 is 28.5 Å². The van der Waals surface area contributed by atoms with Gasteiger partial charge in [-0.05, 0) is 74.7 Å². The summed E-state index contributed by atoms with van der Waals surface area (Å²) in [5.74, 6) is -0.928. The van der Waals surface area contributed by atoms with Gasteiger partial charge in [0.05, 0.1) is 20.6 Å². The van der Waals surface area contributed by atoms with E-state index in [-0.39, 0.29) is 23.0 Å². The Hall–Kier alpha value is -2.78. The van der Waals surface area contributed by atoms with Crippen LogP contribution in [0.4, 0.5) is 5.69 Å². The third-order valence-electron chi connectivity index (χ3n) is 6.66. The van der Waals surface area contributed by atoms with Gasteiger partial charge in [-0.2, -0.15) is 0 Å². The average Bonchev–Trinajstić information content (AvgIpc) is 2.93. The number of nitrogens with zero attached hydrogens (tertiary/aromatic N) is 2. The van der Waals surface area contributed by atoms with Gasteiger partial charge in [-0.1, -0.05) is 78.0 Å². The van der Waals surface area contributed by atoms with Crippen molar-refractivity contribution in [2.45, 2.75) is 58.0 Å². The molecule has 0 unspecified atom stereocenters. The molecule has 0 bridgehead atoms. The average molecular weight is 639 g/mol. The Balaban J connectivity index is 2.06. The van der Waals surface area contributed by atoms with Gasteiger partial charge >= 0.3 is 0 Å². The Morgan fingerprint density at radius 2 is 1.61 bits per heavy atom. The molecule has 7 nitrogen and oxygen atoms in total. The van der Waals surface area contributed by atoms with E-state index in [1.807, 2.05) is 13.8 Å². The standard InChI is InChI=1S/C30H34Cl3N3O4S/c1-5-6-15-34-30(38)22(4)35(18-23-10-14-26(32)27(33)16-23)29(37)19-36(28-17-24(31)11-9-21(28)3)41(39,40)25-12-7-20(2)8-13-25/h7-14,16-17,22H,5-6,15,18-19H2,1-4H3,(H,34,38)/t22-/m0/s1. The van der Waals surface area contributed by atoms with Crippen molar-refractivity contribution >= 4 is 62.3 Å². The smallest absolute Gasteiger partial charge is 0.264 e. The Morgan fingerprint density at radius 1 is 0.927 bits per heavy atom. The second-order valence-electron chi connectivity index (χ2n) is 9.85. The summed E-state index contributed by atoms with van der Waals surface area (Å²) in [6, 6.07) is 15.3. The van der Waals surface area contributed by atoms with Crippen molar-refractivity contribution < 1.29 is 18.0 Å². The number of aryl methyl sites for hydroxylation is 2. The molecule has 0 spiro atoms. The number of carbonyl (C=O) groups is 2. The maximum atomic E-state index is 14.0. The summed E-state index contributed by atoms with van der Waals surface area (Å²) < 4.78 is 29.0. The molecular formula is C30H34Cl3N3O4S. The molecule has 220 valence electrons. The Kier molecular flexibility index (Phi) is 11.5. The molecule has 0 saturated carbocycles. The largest absolute Gasteiger partial charge is 0.354 e. The van der Waals surface area contributed by atoms with Crippen molar-refractivity contribution in [3.63, 3.8) is 0 Å². The molecule has 0 saturated heterocycles. The van der Waals surface area contributed by atoms with E-state index in [1.165, 1.54) is 23.1 Å². The first-order chi connectivity index (χ1) is 19.3. The number of amides is 2. The Labute approximate surface area is 257 Å². The lowest BCUT2D eigenvalue weighted by Crippen LogP contribution is -2.51. The zero-order chi connectivity index (χ0) is 30.3. The molecule has 0 aliphatic heterocycles. The van der Waals surface area contributed by atoms with Crippen LogP contribution in [-0.2, 0) is 26.2 Å². The van der Waals surface area contributed by atoms with Gasteiger partial charge in [0, 0.05) is 18.1 Å². The monoisotopic (exact) mass is 637 g/mol. The second-order valence-corrected chi connectivity index (χ2v) is 13.0. The summed E-state index contributed by atoms with van der Waals surface area (Å²) in [5.41, 5.74) is 2.40. The zero-order valence-corrected chi connectivity index (χ0v) is 26.5. The van der Waals surface area contributed by atoms with Crippen molar-refractivity contribution in [3.05, 3.63) is 92.4 Å². The van der Waals surface area contributed by atoms with Gasteiger partial charge in [0.25, 0.3) is 10.0 Å². The maximum absolute atomic E-state index is 14.0. The lowest BCUT2D eigenvalue weighted by atomic mass is 10.1. The second kappa shape index (κ2) is 14.4. The first-order valence-electron chi connectivity index (χ1n) is 13.2. The molecule has 0 fully saturated rings. The molecule has 41 heavy (non-hydrogen) atoms. The fourth-order valence-electron chi connectivity index (χ4n) is 4.16. The van der Waals surface area contributed by atoms with Crippen LogP contribution in [0, 0.1) is 13.8 Å². The summed E-state index contributed by atoms with van der Waals surface area (Å²) >= 11 is 18.6. The Morgan fingerprint density at radius 3 is 2.24 bits per heavy atom. The van der Waals surface area contributed by atoms with Crippen LogP contribution < -0.4 is 9.62 Å². The minimum absolute atomic E-state index is 0.00499. The third kappa shape index (κ3) is 8.38. The number of carbonyl (C=O) groups excluding carboxylic acids is 2. The van der Waals surface area contributed by atoms with Crippen molar-refractivity contribution in [1.29, 1.82) is 0 Å². The number of rotatable bonds is 12. The summed E-state index contributed by atoms with van der Waals surface area (Å²) in [5, 5.41) is 3.83. The van der Waals surface area contributed by atoms with Gasteiger partial charge in [0.2, 0.25) is 11.8 Å². The molecule has 1 N–H and O–H groups in total. The molecule has 1 atom stereocenters. The number of nitrogens with one attached hydrogen (secondary N) is 1. The van der Waals surface area contributed by atoms with Crippen molar-refractivity contribution in [2.24, 2.45) is 0 Å². The highest BCUT2D eigenvalue weighted by atomic mass is 35.5. The highest BCUT2D eigenvalue weighted by Gasteiger charge is 2.33. The first-order valence-corrected chi connectivity index (χ1v) is 15.8. The number of unbranched alkanes of at least 4 members (excludes halogenated alkanes) is 1. The number of benzene rings is 3. The number of sulfonamides is 1. The third-order valence-corrected chi connectivity index (χ3v) is 9.41. The molecule has 0 radical (unpaired) electrons. The van der Waals surface area contributed by atoms with Gasteiger partial charge in [-0.3, -0.25) is 13.9 Å². The topological polar surface area (TPSA) is 86.8 Å². The molecule has 0 heterocycles. The fraction of sp³-hybridized carbons (Fsp3) is 0.333. The van der Waals surface area contributed by atoms with Crippen molar-refractivity contribution in [1.82, 2.24) is 10.2 Å². The number of hydrogen-bond acceptors (Lipinski definition) is 4. The van der Waals surface area contributed by atoms with Crippen LogP contribution in [0.2, 0.25) is 15.1 Å². The van der Waals surface area contributed by atoms with Crippen molar-refractivity contribution in [2.75, 3.05) is 17.4 Å². The molecule has 3 rings (SSSR count). The summed E-state index contributed by atoms with van der Waals surface area (Å²) in [6.45, 7) is 7.12. The maximum Gasteiger partial charge on any atom is 0.264 e. The van der Waals surface area contributed by atoms with Gasteiger partial charge < -0.3 is 10.2 Å². The van der Waals surface area contributed by atoms with Crippen LogP contribution in [0.25, 0.3) is 0 Å². The van der Waals surface area contributed by atoms with Gasteiger partial charge in [0.1, 0.15) is 12.6 Å². The zero-order valence-electron chi connectivity index (χ0n) is 23.5. The van der Waals surface area contributed by atoms with Gasteiger partial charge in [0.15, 0.2) is 0 Å². The first kappa shape index (κ1) is 32.7. The highest BCUT2D eigenvalue weighted by molar-refractivity contribution is 7.92. The van der Waals surface area contributed by atoms with Crippen LogP contribution in [0.1, 0.15) is 43.4 Å². The summed E-state index contributed by atoms with van der Waals surface area (Å²) in [4.78, 5) is 28.5. The quantitative estimate of drug-likeness (QED) is 0.221. The molecule has 3 aromatic carbocycles. The number of halogens is 3. The minimum atomic E-state index is -4.20. The predicted octanol–water partition coefficient (Wildman–Crippen LogP) is 6.79. The molecule has 0 aliphatic rings. The van der Waals surface area contributed by atoms with Gasteiger partial charge in [-0.25, -0.2) is 8.42 Å². The normalized spacial score (nSPS) is 12.1. The van der Waals surface area contributed by atoms with Crippen LogP contribution in [0.3, 0.4) is 0 Å². The van der Waals surface area contributed by atoms with Crippen LogP contribution in [-0.4, -0.2) is 44.3 Å². The molecule has 11 heteroatoms. The van der Waals surface area contributed by atoms with E-state index in [9.17, 15) is 18.0 Å². The van der Waals surface area contributed by atoms with E-state index in [4.69, 9.17) is 34.8 Å². The molecule has 2 amide bonds. The number of anilines is 1. The van der Waals surface area contributed by atoms with Crippen LogP contribution >= 0.6 is 34.8 Å². The molecule has 3 aromatic rings. The van der Waals surface area contributed by atoms with Crippen molar-refractivity contribution in [3.8, 4) is 0 Å². The van der Waals surface area contributed by atoms with E-state index in [0.29, 0.717) is 32.7 Å². The summed E-state index contributed by atoms with van der Waals surface area (Å²) in [6.07, 6.45) is 1.68. The molecular weight excluding hydrogens is 605 g/mol. The van der Waals surface area contributed by atoms with E-state index in [1.54, 1.807) is 56.3 Å². The number of hydrogen-bond donors (Lipinski definition) is 1. The van der Waals surface area contributed by atoms with E-state index in [2.05, 4.69) is 5.32 Å². The van der Waals surface area contributed by atoms with E-state index in [0.717, 1.165) is 22.7 Å². The Bertz CT molecular complexity index is 1500. The van der Waals surface area contributed by atoms with E-state index >= 15 is 0 Å². The van der Waals surface area contributed by atoms with Crippen LogP contribution in [0.15, 0.2) is 65.6 Å². The fourth-order valence-corrected chi connectivity index (χ4v) is 6.11. The summed E-state index contributed by atoms with van der Waals surface area (Å²) in [7, 11) is -4.20.